The summed E-state index contributed by atoms with van der Waals surface area (Å²) in [5.41, 5.74) is 0.412. The lowest BCUT2D eigenvalue weighted by Gasteiger charge is -2.35. The molecule has 0 unspecified atom stereocenters. The van der Waals surface area contributed by atoms with Crippen molar-refractivity contribution in [2.75, 3.05) is 27.2 Å². The fourth-order valence-corrected chi connectivity index (χ4v) is 4.89. The number of piperidine rings is 1. The minimum Gasteiger partial charge on any atom is -0.338 e. The van der Waals surface area contributed by atoms with Gasteiger partial charge in [0, 0.05) is 37.2 Å². The molecule has 7 heteroatoms. The first-order valence-corrected chi connectivity index (χ1v) is 9.87. The Morgan fingerprint density at radius 1 is 1.22 bits per heavy atom. The Kier molecular flexibility index (Phi) is 5.53. The molecule has 128 valence electrons. The van der Waals surface area contributed by atoms with Crippen molar-refractivity contribution in [3.05, 3.63) is 28.2 Å². The molecule has 1 aromatic carbocycles. The van der Waals surface area contributed by atoms with E-state index in [0.717, 1.165) is 23.8 Å². The van der Waals surface area contributed by atoms with E-state index >= 15 is 0 Å². The molecule has 1 saturated heterocycles. The summed E-state index contributed by atoms with van der Waals surface area (Å²) in [5, 5.41) is 0. The van der Waals surface area contributed by atoms with Crippen LogP contribution in [0, 0.1) is 11.8 Å². The molecule has 2 rings (SSSR count). The number of hydrogen-bond donors (Lipinski definition) is 0. The quantitative estimate of drug-likeness (QED) is 0.780. The third-order valence-electron chi connectivity index (χ3n) is 4.09. The predicted molar refractivity (Wildman–Crippen MR) is 93.9 cm³/mol. The van der Waals surface area contributed by atoms with Gasteiger partial charge >= 0.3 is 0 Å². The van der Waals surface area contributed by atoms with E-state index < -0.39 is 10.0 Å². The van der Waals surface area contributed by atoms with E-state index in [9.17, 15) is 13.2 Å². The van der Waals surface area contributed by atoms with E-state index in [-0.39, 0.29) is 10.8 Å². The summed E-state index contributed by atoms with van der Waals surface area (Å²) in [6.45, 7) is 5.71. The number of nitrogens with zero attached hydrogens (tertiary/aromatic N) is 2. The highest BCUT2D eigenvalue weighted by molar-refractivity contribution is 9.10. The third kappa shape index (κ3) is 3.95. The maximum absolute atomic E-state index is 12.8. The van der Waals surface area contributed by atoms with Gasteiger partial charge in [-0.25, -0.2) is 12.7 Å². The Hall–Kier alpha value is -0.920. The molecular formula is C16H23BrN2O3S. The molecule has 1 amide bonds. The summed E-state index contributed by atoms with van der Waals surface area (Å²) in [6.07, 6.45) is 1.12. The van der Waals surface area contributed by atoms with Gasteiger partial charge in [0.1, 0.15) is 0 Å². The van der Waals surface area contributed by atoms with Crippen LogP contribution in [-0.2, 0) is 10.0 Å². The van der Waals surface area contributed by atoms with Crippen LogP contribution in [0.1, 0.15) is 30.6 Å². The molecule has 1 aliphatic heterocycles. The summed E-state index contributed by atoms with van der Waals surface area (Å²) in [4.78, 5) is 14.7. The van der Waals surface area contributed by atoms with Crippen LogP contribution in [0.15, 0.2) is 27.6 Å². The SMILES string of the molecule is C[C@@H]1C[C@@H](C)CN(C(=O)c2ccc(Br)c(S(=O)(=O)N(C)C)c2)C1. The maximum atomic E-state index is 12.8. The van der Waals surface area contributed by atoms with Gasteiger partial charge in [0.05, 0.1) is 4.90 Å². The maximum Gasteiger partial charge on any atom is 0.253 e. The van der Waals surface area contributed by atoms with Gasteiger partial charge < -0.3 is 4.90 Å². The van der Waals surface area contributed by atoms with E-state index in [1.165, 1.54) is 20.2 Å². The summed E-state index contributed by atoms with van der Waals surface area (Å²) in [6, 6.07) is 4.76. The zero-order valence-electron chi connectivity index (χ0n) is 13.9. The molecule has 0 spiro atoms. The van der Waals surface area contributed by atoms with Crippen LogP contribution in [-0.4, -0.2) is 50.7 Å². The van der Waals surface area contributed by atoms with Crippen LogP contribution in [0.25, 0.3) is 0 Å². The zero-order chi connectivity index (χ0) is 17.4. The molecule has 0 bridgehead atoms. The Morgan fingerprint density at radius 2 is 1.78 bits per heavy atom. The smallest absolute Gasteiger partial charge is 0.253 e. The van der Waals surface area contributed by atoms with Crippen molar-refractivity contribution >= 4 is 31.9 Å². The van der Waals surface area contributed by atoms with E-state index in [1.54, 1.807) is 12.1 Å². The molecule has 23 heavy (non-hydrogen) atoms. The zero-order valence-corrected chi connectivity index (χ0v) is 16.3. The van der Waals surface area contributed by atoms with Crippen molar-refractivity contribution in [2.45, 2.75) is 25.2 Å². The number of amides is 1. The van der Waals surface area contributed by atoms with Gasteiger partial charge in [-0.3, -0.25) is 4.79 Å². The van der Waals surface area contributed by atoms with Gasteiger partial charge in [-0.05, 0) is 52.4 Å². The van der Waals surface area contributed by atoms with E-state index in [2.05, 4.69) is 29.8 Å². The molecule has 2 atom stereocenters. The van der Waals surface area contributed by atoms with E-state index in [1.807, 2.05) is 4.90 Å². The Balaban J connectivity index is 2.36. The molecule has 0 aliphatic carbocycles. The van der Waals surface area contributed by atoms with Crippen LogP contribution in [0.5, 0.6) is 0 Å². The van der Waals surface area contributed by atoms with E-state index in [0.29, 0.717) is 21.9 Å². The summed E-state index contributed by atoms with van der Waals surface area (Å²) in [7, 11) is -0.647. The Labute approximate surface area is 146 Å². The van der Waals surface area contributed by atoms with Gasteiger partial charge in [-0.2, -0.15) is 0 Å². The molecule has 0 saturated carbocycles. The summed E-state index contributed by atoms with van der Waals surface area (Å²) in [5.74, 6) is 0.817. The molecular weight excluding hydrogens is 380 g/mol. The van der Waals surface area contributed by atoms with Gasteiger partial charge in [0.2, 0.25) is 10.0 Å². The van der Waals surface area contributed by atoms with Crippen molar-refractivity contribution in [3.8, 4) is 0 Å². The average molecular weight is 403 g/mol. The normalized spacial score (nSPS) is 22.4. The Bertz CT molecular complexity index is 693. The molecule has 0 aromatic heterocycles. The standard InChI is InChI=1S/C16H23BrN2O3S/c1-11-7-12(2)10-19(9-11)16(20)13-5-6-14(17)15(8-13)23(21,22)18(3)4/h5-6,8,11-12H,7,9-10H2,1-4H3/t11-,12-/m1/s1. The summed E-state index contributed by atoms with van der Waals surface area (Å²) >= 11 is 3.27. The molecule has 0 radical (unpaired) electrons. The second kappa shape index (κ2) is 6.91. The van der Waals surface area contributed by atoms with Crippen LogP contribution in [0.3, 0.4) is 0 Å². The number of likely N-dealkylation sites (tertiary alicyclic amines) is 1. The number of rotatable bonds is 3. The number of sulfonamides is 1. The lowest BCUT2D eigenvalue weighted by molar-refractivity contribution is 0.0623. The van der Waals surface area contributed by atoms with Crippen molar-refractivity contribution < 1.29 is 13.2 Å². The molecule has 0 N–H and O–H groups in total. The first-order chi connectivity index (χ1) is 10.6. The van der Waals surface area contributed by atoms with Crippen LogP contribution in [0.2, 0.25) is 0 Å². The predicted octanol–water partition coefficient (Wildman–Crippen LogP) is 2.82. The van der Waals surface area contributed by atoms with Crippen LogP contribution >= 0.6 is 15.9 Å². The minimum atomic E-state index is -3.60. The fourth-order valence-electron chi connectivity index (χ4n) is 3.04. The fraction of sp³-hybridized carbons (Fsp3) is 0.562. The van der Waals surface area contributed by atoms with Crippen molar-refractivity contribution in [1.82, 2.24) is 9.21 Å². The molecule has 1 aliphatic rings. The van der Waals surface area contributed by atoms with Crippen molar-refractivity contribution in [1.29, 1.82) is 0 Å². The first kappa shape index (κ1) is 18.4. The van der Waals surface area contributed by atoms with Crippen LogP contribution < -0.4 is 0 Å². The second-order valence-electron chi connectivity index (χ2n) is 6.59. The van der Waals surface area contributed by atoms with Crippen LogP contribution in [0.4, 0.5) is 0 Å². The van der Waals surface area contributed by atoms with E-state index in [4.69, 9.17) is 0 Å². The lowest BCUT2D eigenvalue weighted by atomic mass is 9.91. The van der Waals surface area contributed by atoms with Gasteiger partial charge in [0.15, 0.2) is 0 Å². The van der Waals surface area contributed by atoms with Crippen molar-refractivity contribution in [2.24, 2.45) is 11.8 Å². The number of benzene rings is 1. The van der Waals surface area contributed by atoms with Gasteiger partial charge in [-0.15, -0.1) is 0 Å². The topological polar surface area (TPSA) is 57.7 Å². The number of carbonyl (C=O) groups excluding carboxylic acids is 1. The highest BCUT2D eigenvalue weighted by Crippen LogP contribution is 2.27. The molecule has 1 fully saturated rings. The largest absolute Gasteiger partial charge is 0.338 e. The number of carbonyl (C=O) groups is 1. The third-order valence-corrected chi connectivity index (χ3v) is 6.90. The average Bonchev–Trinajstić information content (AvgIpc) is 2.45. The lowest BCUT2D eigenvalue weighted by Crippen LogP contribution is -2.42. The van der Waals surface area contributed by atoms with Crippen molar-refractivity contribution in [3.63, 3.8) is 0 Å². The molecule has 1 heterocycles. The number of halogens is 1. The molecule has 1 aromatic rings. The second-order valence-corrected chi connectivity index (χ2v) is 9.56. The molecule has 5 nitrogen and oxygen atoms in total. The number of hydrogen-bond acceptors (Lipinski definition) is 3. The highest BCUT2D eigenvalue weighted by Gasteiger charge is 2.28. The van der Waals surface area contributed by atoms with Gasteiger partial charge in [0.25, 0.3) is 5.91 Å². The Morgan fingerprint density at radius 3 is 2.30 bits per heavy atom. The monoisotopic (exact) mass is 402 g/mol. The summed E-state index contributed by atoms with van der Waals surface area (Å²) < 4.78 is 26.4. The first-order valence-electron chi connectivity index (χ1n) is 7.64. The minimum absolute atomic E-state index is 0.105. The van der Waals surface area contributed by atoms with Gasteiger partial charge in [-0.1, -0.05) is 13.8 Å². The highest BCUT2D eigenvalue weighted by atomic mass is 79.9.